The fourth-order valence-electron chi connectivity index (χ4n) is 5.93. The number of carboxylic acid groups (broad SMARTS) is 1. The predicted octanol–water partition coefficient (Wildman–Crippen LogP) is -0.899. The van der Waals surface area contributed by atoms with Gasteiger partial charge in [-0.25, -0.2) is 9.78 Å². The molecule has 4 heterocycles. The molecule has 4 aliphatic rings. The summed E-state index contributed by atoms with van der Waals surface area (Å²) in [6, 6.07) is -0.971. The molecule has 1 aliphatic carbocycles. The van der Waals surface area contributed by atoms with E-state index in [1.54, 1.807) is 7.05 Å². The number of thioether (sulfide) groups is 1. The van der Waals surface area contributed by atoms with Crippen molar-refractivity contribution in [2.45, 2.75) is 17.8 Å². The highest BCUT2D eigenvalue weighted by molar-refractivity contribution is 8.00. The van der Waals surface area contributed by atoms with Crippen LogP contribution < -0.4 is 16.4 Å². The third kappa shape index (κ3) is 4.34. The molecule has 0 bridgehead atoms. The minimum Gasteiger partial charge on any atom is -0.477 e. The number of nitrogens with two attached hydrogens (primary N) is 1. The van der Waals surface area contributed by atoms with Crippen LogP contribution in [-0.4, -0.2) is 105 Å². The monoisotopic (exact) mass is 550 g/mol. The zero-order valence-corrected chi connectivity index (χ0v) is 21.8. The van der Waals surface area contributed by atoms with Crippen molar-refractivity contribution >= 4 is 57.6 Å². The van der Waals surface area contributed by atoms with Crippen molar-refractivity contribution < 1.29 is 34.0 Å². The van der Waals surface area contributed by atoms with Crippen LogP contribution in [0, 0.1) is 17.8 Å². The lowest BCUT2D eigenvalue weighted by atomic mass is 10.0. The number of likely N-dealkylation sites (tertiary alicyclic amines) is 1. The fourth-order valence-corrected chi connectivity index (χ4v) is 7.82. The van der Waals surface area contributed by atoms with E-state index in [1.165, 1.54) is 22.0 Å². The first-order valence-corrected chi connectivity index (χ1v) is 13.7. The number of hydrogen-bond acceptors (Lipinski definition) is 10. The largest absolute Gasteiger partial charge is 0.477 e. The Hall–Kier alpha value is -3.17. The van der Waals surface area contributed by atoms with Gasteiger partial charge in [-0.05, 0) is 5.92 Å². The summed E-state index contributed by atoms with van der Waals surface area (Å²) in [4.78, 5) is 55.3. The second kappa shape index (κ2) is 9.29. The number of aromatic nitrogens is 1. The normalized spacial score (nSPS) is 32.7. The minimum atomic E-state index is -1.19. The summed E-state index contributed by atoms with van der Waals surface area (Å²) in [6.07, 6.45) is 0.904. The number of anilines is 1. The van der Waals surface area contributed by atoms with Crippen LogP contribution in [0.25, 0.3) is 0 Å². The van der Waals surface area contributed by atoms with Crippen molar-refractivity contribution in [1.82, 2.24) is 20.5 Å². The Balaban J connectivity index is 1.29. The first-order valence-electron chi connectivity index (χ1n) is 11.8. The number of amides is 3. The zero-order chi connectivity index (χ0) is 26.6. The molecule has 4 unspecified atom stereocenters. The molecule has 198 valence electrons. The Bertz CT molecular complexity index is 1250. The maximum absolute atomic E-state index is 13.0. The van der Waals surface area contributed by atoms with E-state index < -0.39 is 29.2 Å². The second-order valence-electron chi connectivity index (χ2n) is 10.1. The van der Waals surface area contributed by atoms with Crippen LogP contribution in [0.4, 0.5) is 5.13 Å². The third-order valence-electron chi connectivity index (χ3n) is 7.72. The number of hydrogen-bond donors (Lipinski definition) is 5. The van der Waals surface area contributed by atoms with Crippen molar-refractivity contribution in [2.24, 2.45) is 22.9 Å². The van der Waals surface area contributed by atoms with E-state index in [1.807, 2.05) is 0 Å². The number of nitrogens with zero attached hydrogens (tertiary/aromatic N) is 4. The van der Waals surface area contributed by atoms with Crippen molar-refractivity contribution in [3.05, 3.63) is 22.3 Å². The van der Waals surface area contributed by atoms with Crippen LogP contribution in [0.2, 0.25) is 0 Å². The molecule has 15 heteroatoms. The van der Waals surface area contributed by atoms with Gasteiger partial charge >= 0.3 is 5.97 Å². The number of oxime groups is 1. The highest BCUT2D eigenvalue weighted by Crippen LogP contribution is 2.53. The number of thiazole rings is 1. The quantitative estimate of drug-likeness (QED) is 0.0942. The average Bonchev–Trinajstić information content (AvgIpc) is 3.40. The molecule has 1 saturated carbocycles. The topological polar surface area (TPSA) is 187 Å². The number of fused-ring (bicyclic) bond motifs is 2. The SMILES string of the molecule is CNC(=O)C1C2CC[N+](C)(CC3=C(C(=O)O)N4C(=O)[C@@H](NC(=O)/C(=N\O)c5csc(N)n5)[C@@H]4SC3)CC21. The highest BCUT2D eigenvalue weighted by atomic mass is 32.2. The number of carboxylic acids is 1. The van der Waals surface area contributed by atoms with E-state index in [9.17, 15) is 29.5 Å². The maximum atomic E-state index is 13.0. The molecule has 5 rings (SSSR count). The van der Waals surface area contributed by atoms with Gasteiger partial charge in [0.25, 0.3) is 11.8 Å². The van der Waals surface area contributed by atoms with Gasteiger partial charge in [-0.2, -0.15) is 0 Å². The van der Waals surface area contributed by atoms with Gasteiger partial charge in [-0.15, -0.1) is 23.1 Å². The van der Waals surface area contributed by atoms with E-state index in [-0.39, 0.29) is 40.0 Å². The molecule has 6 N–H and O–H groups in total. The summed E-state index contributed by atoms with van der Waals surface area (Å²) in [5.41, 5.74) is 5.90. The lowest BCUT2D eigenvalue weighted by molar-refractivity contribution is -0.910. The standard InChI is InChI=1S/C22H27N7O6S2/c1-24-17(30)13-10-3-4-29(2,6-11(10)13)5-9-7-36-20-15(19(32)28(20)16(9)21(33)34)26-18(31)14(27-35)12-8-37-22(23)25-12/h8,10-11,13,15,20H,3-7H2,1-2H3,(H5-,23,24,25,26,30,31,33,34,35)/p+1/t10?,11?,13?,15-,20+,29?/m1/s1. The smallest absolute Gasteiger partial charge is 0.352 e. The Morgan fingerprint density at radius 3 is 2.73 bits per heavy atom. The highest BCUT2D eigenvalue weighted by Gasteiger charge is 2.61. The molecule has 2 saturated heterocycles. The van der Waals surface area contributed by atoms with E-state index in [0.717, 1.165) is 30.8 Å². The number of β-lactam (4-membered cyclic amide) rings is 1. The van der Waals surface area contributed by atoms with E-state index >= 15 is 0 Å². The molecule has 3 fully saturated rings. The minimum absolute atomic E-state index is 0.0254. The maximum Gasteiger partial charge on any atom is 0.352 e. The number of nitrogens with one attached hydrogen (secondary N) is 2. The van der Waals surface area contributed by atoms with Gasteiger partial charge in [-0.1, -0.05) is 5.16 Å². The van der Waals surface area contributed by atoms with Gasteiger partial charge in [0.05, 0.1) is 20.1 Å². The van der Waals surface area contributed by atoms with E-state index in [0.29, 0.717) is 28.3 Å². The lowest BCUT2D eigenvalue weighted by Crippen LogP contribution is -2.71. The molecule has 0 spiro atoms. The predicted molar refractivity (Wildman–Crippen MR) is 134 cm³/mol. The first-order chi connectivity index (χ1) is 17.6. The number of piperidine rings is 1. The van der Waals surface area contributed by atoms with Crippen LogP contribution in [0.15, 0.2) is 21.8 Å². The van der Waals surface area contributed by atoms with Gasteiger partial charge in [-0.3, -0.25) is 19.3 Å². The first kappa shape index (κ1) is 25.5. The van der Waals surface area contributed by atoms with Gasteiger partial charge in [0.1, 0.15) is 29.4 Å². The van der Waals surface area contributed by atoms with Crippen molar-refractivity contribution in [2.75, 3.05) is 45.2 Å². The van der Waals surface area contributed by atoms with E-state index in [4.69, 9.17) is 5.73 Å². The van der Waals surface area contributed by atoms with Crippen LogP contribution in [0.5, 0.6) is 0 Å². The number of quaternary nitrogens is 1. The summed E-state index contributed by atoms with van der Waals surface area (Å²) in [7, 11) is 3.72. The number of nitrogen functional groups attached to an aromatic ring is 1. The average molecular weight is 551 g/mol. The summed E-state index contributed by atoms with van der Waals surface area (Å²) in [5.74, 6) is -1.38. The summed E-state index contributed by atoms with van der Waals surface area (Å²) in [5, 5.41) is 28.7. The Kier molecular flexibility index (Phi) is 6.40. The van der Waals surface area contributed by atoms with Gasteiger partial charge in [0.2, 0.25) is 5.91 Å². The number of likely N-dealkylation sites (N-methyl/N-ethyl adjacent to an activating group) is 1. The lowest BCUT2D eigenvalue weighted by Gasteiger charge is -2.50. The molecular formula is C22H28N7O6S2+. The zero-order valence-electron chi connectivity index (χ0n) is 20.2. The fraction of sp³-hybridized carbons (Fsp3) is 0.545. The van der Waals surface area contributed by atoms with Gasteiger partial charge in [0.15, 0.2) is 10.8 Å². The van der Waals surface area contributed by atoms with Crippen molar-refractivity contribution in [3.63, 3.8) is 0 Å². The van der Waals surface area contributed by atoms with Crippen LogP contribution in [0.1, 0.15) is 12.1 Å². The van der Waals surface area contributed by atoms with Gasteiger partial charge < -0.3 is 31.2 Å². The summed E-state index contributed by atoms with van der Waals surface area (Å²) >= 11 is 2.45. The van der Waals surface area contributed by atoms with E-state index in [2.05, 4.69) is 27.8 Å². The number of rotatable bonds is 7. The number of aliphatic carboxylic acids is 1. The van der Waals surface area contributed by atoms with Crippen LogP contribution in [0.3, 0.4) is 0 Å². The molecule has 6 atom stereocenters. The molecule has 1 aromatic heterocycles. The Morgan fingerprint density at radius 2 is 2.11 bits per heavy atom. The van der Waals surface area contributed by atoms with Gasteiger partial charge in [0, 0.05) is 42.0 Å². The van der Waals surface area contributed by atoms with Crippen LogP contribution >= 0.6 is 23.1 Å². The van der Waals surface area contributed by atoms with Crippen molar-refractivity contribution in [1.29, 1.82) is 0 Å². The van der Waals surface area contributed by atoms with Crippen LogP contribution in [-0.2, 0) is 19.2 Å². The molecule has 3 amide bonds. The molecule has 0 radical (unpaired) electrons. The summed E-state index contributed by atoms with van der Waals surface area (Å²) in [6.45, 7) is 2.08. The third-order valence-corrected chi connectivity index (χ3v) is 9.74. The molecule has 0 aromatic carbocycles. The molecule has 13 nitrogen and oxygen atoms in total. The Labute approximate surface area is 220 Å². The molecule has 1 aromatic rings. The van der Waals surface area contributed by atoms with Crippen molar-refractivity contribution in [3.8, 4) is 0 Å². The summed E-state index contributed by atoms with van der Waals surface area (Å²) < 4.78 is 0.612. The molecular weight excluding hydrogens is 522 g/mol. The Morgan fingerprint density at radius 1 is 1.35 bits per heavy atom. The second-order valence-corrected chi connectivity index (χ2v) is 12.1. The molecule has 37 heavy (non-hydrogen) atoms. The molecule has 3 aliphatic heterocycles. The number of carbonyl (C=O) groups is 4. The number of carbonyl (C=O) groups excluding carboxylic acids is 3.